The molecule has 0 spiro atoms. The second-order valence-electron chi connectivity index (χ2n) is 8.12. The summed E-state index contributed by atoms with van der Waals surface area (Å²) in [5, 5.41) is 33.6. The number of amides is 3. The first-order chi connectivity index (χ1) is 14.6. The smallest absolute Gasteiger partial charge is 0.326 e. The lowest BCUT2D eigenvalue weighted by atomic mass is 9.99. The number of rotatable bonds is 14. The molecule has 0 saturated carbocycles. The minimum Gasteiger partial charge on any atom is -0.481 e. The van der Waals surface area contributed by atoms with Gasteiger partial charge in [-0.05, 0) is 18.3 Å². The first-order valence-corrected chi connectivity index (χ1v) is 9.98. The Morgan fingerprint density at radius 2 is 1.22 bits per heavy atom. The van der Waals surface area contributed by atoms with Crippen molar-refractivity contribution in [3.63, 3.8) is 0 Å². The van der Waals surface area contributed by atoms with Gasteiger partial charge in [-0.3, -0.25) is 24.0 Å². The molecule has 0 aliphatic carbocycles. The molecule has 0 aromatic rings. The average molecular weight is 460 g/mol. The number of carboxylic acid groups (broad SMARTS) is 3. The van der Waals surface area contributed by atoms with Gasteiger partial charge in [-0.15, -0.1) is 0 Å². The maximum Gasteiger partial charge on any atom is 0.326 e. The van der Waals surface area contributed by atoms with Gasteiger partial charge >= 0.3 is 17.9 Å². The van der Waals surface area contributed by atoms with E-state index in [0.29, 0.717) is 0 Å². The fourth-order valence-electron chi connectivity index (χ4n) is 2.69. The molecular formula is C19H32N4O9. The Bertz CT molecular complexity index is 724. The molecule has 0 aromatic heterocycles. The monoisotopic (exact) mass is 460 g/mol. The second-order valence-corrected chi connectivity index (χ2v) is 8.12. The molecule has 3 amide bonds. The van der Waals surface area contributed by atoms with Crippen molar-refractivity contribution in [2.24, 2.45) is 17.6 Å². The molecule has 182 valence electrons. The molecule has 4 unspecified atom stereocenters. The van der Waals surface area contributed by atoms with Gasteiger partial charge in [0.05, 0.1) is 18.9 Å². The maximum absolute atomic E-state index is 12.8. The van der Waals surface area contributed by atoms with Crippen LogP contribution in [0.2, 0.25) is 0 Å². The van der Waals surface area contributed by atoms with E-state index in [9.17, 15) is 28.8 Å². The quantitative estimate of drug-likeness (QED) is 0.159. The minimum atomic E-state index is -1.70. The summed E-state index contributed by atoms with van der Waals surface area (Å²) in [7, 11) is 0. The van der Waals surface area contributed by atoms with Crippen molar-refractivity contribution in [2.75, 3.05) is 0 Å². The van der Waals surface area contributed by atoms with Crippen molar-refractivity contribution in [1.29, 1.82) is 0 Å². The lowest BCUT2D eigenvalue weighted by Crippen LogP contribution is -2.58. The number of carbonyl (C=O) groups excluding carboxylic acids is 3. The Balaban J connectivity index is 5.45. The molecule has 4 atom stereocenters. The van der Waals surface area contributed by atoms with Crippen LogP contribution < -0.4 is 21.7 Å². The molecule has 0 radical (unpaired) electrons. The first-order valence-electron chi connectivity index (χ1n) is 9.98. The van der Waals surface area contributed by atoms with Gasteiger partial charge in [-0.1, -0.05) is 27.7 Å². The molecule has 13 nitrogen and oxygen atoms in total. The van der Waals surface area contributed by atoms with Crippen LogP contribution in [-0.2, 0) is 28.8 Å². The van der Waals surface area contributed by atoms with Crippen LogP contribution in [-0.4, -0.2) is 75.1 Å². The van der Waals surface area contributed by atoms with Crippen molar-refractivity contribution in [3.8, 4) is 0 Å². The highest BCUT2D eigenvalue weighted by Gasteiger charge is 2.33. The summed E-state index contributed by atoms with van der Waals surface area (Å²) in [6.45, 7) is 6.71. The summed E-state index contributed by atoms with van der Waals surface area (Å²) in [6.07, 6.45) is -1.34. The van der Waals surface area contributed by atoms with Crippen LogP contribution in [0.15, 0.2) is 0 Å². The topological polar surface area (TPSA) is 225 Å². The predicted octanol–water partition coefficient (Wildman–Crippen LogP) is -1.50. The molecule has 0 aromatic carbocycles. The van der Waals surface area contributed by atoms with E-state index >= 15 is 0 Å². The predicted molar refractivity (Wildman–Crippen MR) is 110 cm³/mol. The van der Waals surface area contributed by atoms with Crippen molar-refractivity contribution in [3.05, 3.63) is 0 Å². The van der Waals surface area contributed by atoms with E-state index in [4.69, 9.17) is 21.1 Å². The Morgan fingerprint density at radius 3 is 1.62 bits per heavy atom. The Morgan fingerprint density at radius 1 is 0.719 bits per heavy atom. The van der Waals surface area contributed by atoms with Crippen LogP contribution >= 0.6 is 0 Å². The summed E-state index contributed by atoms with van der Waals surface area (Å²) in [6, 6.07) is -5.44. The fourth-order valence-corrected chi connectivity index (χ4v) is 2.69. The van der Waals surface area contributed by atoms with Crippen LogP contribution in [0.4, 0.5) is 0 Å². The molecule has 0 aliphatic rings. The Hall–Kier alpha value is -3.22. The summed E-state index contributed by atoms with van der Waals surface area (Å²) < 4.78 is 0. The van der Waals surface area contributed by atoms with Crippen LogP contribution in [0, 0.1) is 11.8 Å². The van der Waals surface area contributed by atoms with Gasteiger partial charge < -0.3 is 37.0 Å². The van der Waals surface area contributed by atoms with E-state index in [1.165, 1.54) is 0 Å². The van der Waals surface area contributed by atoms with Gasteiger partial charge in [0, 0.05) is 0 Å². The van der Waals surface area contributed by atoms with Gasteiger partial charge in [0.2, 0.25) is 17.7 Å². The zero-order valence-electron chi connectivity index (χ0n) is 18.5. The molecule has 0 saturated heterocycles. The summed E-state index contributed by atoms with van der Waals surface area (Å²) >= 11 is 0. The second kappa shape index (κ2) is 13.2. The van der Waals surface area contributed by atoms with E-state index in [1.54, 1.807) is 27.7 Å². The minimum absolute atomic E-state index is 0.0694. The van der Waals surface area contributed by atoms with Crippen LogP contribution in [0.3, 0.4) is 0 Å². The van der Waals surface area contributed by atoms with Crippen LogP contribution in [0.25, 0.3) is 0 Å². The number of nitrogens with one attached hydrogen (secondary N) is 3. The average Bonchev–Trinajstić information content (AvgIpc) is 2.62. The highest BCUT2D eigenvalue weighted by molar-refractivity contribution is 5.95. The van der Waals surface area contributed by atoms with Crippen molar-refractivity contribution in [2.45, 2.75) is 71.1 Å². The highest BCUT2D eigenvalue weighted by atomic mass is 16.4. The lowest BCUT2D eigenvalue weighted by Gasteiger charge is -2.27. The fraction of sp³-hybridized carbons (Fsp3) is 0.684. The molecule has 0 aliphatic heterocycles. The van der Waals surface area contributed by atoms with Gasteiger partial charge in [0.25, 0.3) is 0 Å². The maximum atomic E-state index is 12.8. The summed E-state index contributed by atoms with van der Waals surface area (Å²) in [4.78, 5) is 70.3. The van der Waals surface area contributed by atoms with E-state index < -0.39 is 78.6 Å². The van der Waals surface area contributed by atoms with E-state index in [0.717, 1.165) is 0 Å². The largest absolute Gasteiger partial charge is 0.481 e. The number of carboxylic acids is 3. The molecule has 0 fully saturated rings. The molecule has 13 heteroatoms. The first kappa shape index (κ1) is 28.8. The molecule has 0 rings (SSSR count). The van der Waals surface area contributed by atoms with E-state index in [1.807, 2.05) is 0 Å². The standard InChI is InChI=1S/C19H32N4O9/c1-8(2)5-11(21-16(28)10(20)6-13(24)25)17(29)23-15(9(3)4)18(30)22-12(19(31)32)7-14(26)27/h8-12,15H,5-7,20H2,1-4H3,(H,21,28)(H,22,30)(H,23,29)(H,24,25)(H,26,27)(H,31,32). The molecular weight excluding hydrogens is 428 g/mol. The third-order valence-corrected chi connectivity index (χ3v) is 4.31. The number of carbonyl (C=O) groups is 6. The van der Waals surface area contributed by atoms with E-state index in [2.05, 4.69) is 16.0 Å². The Kier molecular flexibility index (Phi) is 11.9. The molecule has 0 heterocycles. The van der Waals surface area contributed by atoms with E-state index in [-0.39, 0.29) is 12.3 Å². The summed E-state index contributed by atoms with van der Waals surface area (Å²) in [5.74, 6) is -7.36. The lowest BCUT2D eigenvalue weighted by molar-refractivity contribution is -0.147. The normalized spacial score (nSPS) is 14.7. The number of aliphatic carboxylic acids is 3. The zero-order chi connectivity index (χ0) is 25.2. The third kappa shape index (κ3) is 10.7. The van der Waals surface area contributed by atoms with Crippen molar-refractivity contribution < 1.29 is 44.1 Å². The molecule has 32 heavy (non-hydrogen) atoms. The third-order valence-electron chi connectivity index (χ3n) is 4.31. The zero-order valence-corrected chi connectivity index (χ0v) is 18.5. The van der Waals surface area contributed by atoms with Gasteiger partial charge in [0.15, 0.2) is 0 Å². The number of hydrogen-bond donors (Lipinski definition) is 7. The van der Waals surface area contributed by atoms with Crippen molar-refractivity contribution >= 4 is 35.6 Å². The SMILES string of the molecule is CC(C)CC(NC(=O)C(N)CC(=O)O)C(=O)NC(C(=O)NC(CC(=O)O)C(=O)O)C(C)C. The van der Waals surface area contributed by atoms with Gasteiger partial charge in [0.1, 0.15) is 18.1 Å². The molecule has 8 N–H and O–H groups in total. The van der Waals surface area contributed by atoms with Gasteiger partial charge in [-0.2, -0.15) is 0 Å². The van der Waals surface area contributed by atoms with Gasteiger partial charge in [-0.25, -0.2) is 4.79 Å². The van der Waals surface area contributed by atoms with Crippen molar-refractivity contribution in [1.82, 2.24) is 16.0 Å². The number of hydrogen-bond acceptors (Lipinski definition) is 7. The highest BCUT2D eigenvalue weighted by Crippen LogP contribution is 2.09. The molecule has 0 bridgehead atoms. The van der Waals surface area contributed by atoms with Crippen LogP contribution in [0.1, 0.15) is 47.0 Å². The van der Waals surface area contributed by atoms with Crippen LogP contribution in [0.5, 0.6) is 0 Å². The summed E-state index contributed by atoms with van der Waals surface area (Å²) in [5.41, 5.74) is 5.53. The number of nitrogens with two attached hydrogens (primary N) is 1. The Labute approximate surface area is 185 Å².